The average Bonchev–Trinajstić information content (AvgIpc) is 3.40. The third kappa shape index (κ3) is 4.29. The lowest BCUT2D eigenvalue weighted by Crippen LogP contribution is -2.73. The van der Waals surface area contributed by atoms with Gasteiger partial charge in [0.25, 0.3) is 0 Å². The van der Waals surface area contributed by atoms with E-state index in [1.165, 1.54) is 11.0 Å². The van der Waals surface area contributed by atoms with Gasteiger partial charge in [0.15, 0.2) is 28.9 Å². The molecule has 6 N–H and O–H groups in total. The number of hydrogen-bond acceptors (Lipinski definition) is 9. The number of carbonyl (C=O) groups excluding carboxylic acids is 6. The molecule has 0 saturated heterocycles. The topological polar surface area (TPSA) is 196 Å². The van der Waals surface area contributed by atoms with E-state index in [1.54, 1.807) is 20.2 Å². The number of nitrogens with one attached hydrogen (secondary N) is 2. The van der Waals surface area contributed by atoms with Gasteiger partial charge in [0, 0.05) is 17.9 Å². The maximum absolute atomic E-state index is 13.8. The number of rotatable bonds is 4. The van der Waals surface area contributed by atoms with E-state index >= 15 is 0 Å². The molecule has 0 bridgehead atoms. The number of primary amides is 1. The first kappa shape index (κ1) is 27.9. The maximum Gasteiger partial charge on any atom is 0.313 e. The fourth-order valence-electron chi connectivity index (χ4n) is 7.29. The van der Waals surface area contributed by atoms with Gasteiger partial charge in [-0.1, -0.05) is 18.9 Å². The average molecular weight is 555 g/mol. The van der Waals surface area contributed by atoms with Crippen LogP contribution in [-0.4, -0.2) is 82.0 Å². The largest absolute Gasteiger partial charge is 0.505 e. The molecule has 6 atom stereocenters. The van der Waals surface area contributed by atoms with Crippen molar-refractivity contribution in [3.63, 3.8) is 0 Å². The molecule has 0 aromatic heterocycles. The van der Waals surface area contributed by atoms with Crippen LogP contribution in [0.1, 0.15) is 43.2 Å². The molecular formula is C28H34N4O8. The van der Waals surface area contributed by atoms with Gasteiger partial charge >= 0.3 is 11.8 Å². The number of fused-ring (bicyclic) bond motifs is 3. The molecule has 0 radical (unpaired) electrons. The fourth-order valence-corrected chi connectivity index (χ4v) is 7.29. The molecule has 3 fully saturated rings. The summed E-state index contributed by atoms with van der Waals surface area (Å²) in [5, 5.41) is 27.8. The zero-order valence-corrected chi connectivity index (χ0v) is 22.4. The third-order valence-corrected chi connectivity index (χ3v) is 9.24. The maximum atomic E-state index is 13.8. The van der Waals surface area contributed by atoms with Gasteiger partial charge in [-0.25, -0.2) is 0 Å². The minimum atomic E-state index is -2.58. The van der Waals surface area contributed by atoms with Crippen molar-refractivity contribution in [2.75, 3.05) is 19.4 Å². The molecule has 3 saturated carbocycles. The number of amides is 3. The summed E-state index contributed by atoms with van der Waals surface area (Å²) in [5.41, 5.74) is 3.86. The highest BCUT2D eigenvalue weighted by Crippen LogP contribution is 2.51. The molecule has 0 spiro atoms. The standard InChI is InChI=1S/C28H34N4O8/c1-32(2)20-17-10-13-9-12-7-8-18(31-27(39)26(38)30-14-5-3-4-6-14)21(33)15(12)11-16(13)23(35)28(17,40)24(36)19(22(20)34)25(29)37/h7-8,13-14,16-17,19-20,33,40H,3-6,9-11H2,1-2H3,(H2,29,37)(H,30,38)(H,31,39)/t13?,16?,17?,19?,20-,28?/m0/s1. The molecule has 40 heavy (non-hydrogen) atoms. The molecule has 214 valence electrons. The molecule has 5 rings (SSSR count). The van der Waals surface area contributed by atoms with Crippen LogP contribution in [0.15, 0.2) is 12.1 Å². The van der Waals surface area contributed by atoms with Gasteiger partial charge in [-0.2, -0.15) is 0 Å². The minimum Gasteiger partial charge on any atom is -0.505 e. The van der Waals surface area contributed by atoms with Gasteiger partial charge in [0.1, 0.15) is 5.75 Å². The van der Waals surface area contributed by atoms with Gasteiger partial charge in [0.05, 0.1) is 11.7 Å². The van der Waals surface area contributed by atoms with E-state index in [0.29, 0.717) is 12.0 Å². The lowest BCUT2D eigenvalue weighted by atomic mass is 9.52. The van der Waals surface area contributed by atoms with E-state index in [2.05, 4.69) is 10.6 Å². The first-order valence-electron chi connectivity index (χ1n) is 13.6. The van der Waals surface area contributed by atoms with E-state index < -0.39 is 64.5 Å². The molecule has 1 aromatic carbocycles. The quantitative estimate of drug-likeness (QED) is 0.180. The summed E-state index contributed by atoms with van der Waals surface area (Å²) >= 11 is 0. The lowest BCUT2D eigenvalue weighted by molar-refractivity contribution is -0.183. The van der Waals surface area contributed by atoms with Crippen LogP contribution in [0.2, 0.25) is 0 Å². The number of hydrogen-bond donors (Lipinski definition) is 5. The number of aliphatic hydroxyl groups is 1. The van der Waals surface area contributed by atoms with Crippen LogP contribution < -0.4 is 16.4 Å². The Morgan fingerprint density at radius 1 is 1.02 bits per heavy atom. The van der Waals surface area contributed by atoms with Crippen LogP contribution in [0, 0.1) is 23.7 Å². The second kappa shape index (κ2) is 10.1. The Balaban J connectivity index is 1.42. The van der Waals surface area contributed by atoms with Crippen molar-refractivity contribution < 1.29 is 39.0 Å². The summed E-state index contributed by atoms with van der Waals surface area (Å²) < 4.78 is 0. The molecule has 0 aliphatic heterocycles. The van der Waals surface area contributed by atoms with Crippen molar-refractivity contribution in [2.24, 2.45) is 29.4 Å². The Bertz CT molecular complexity index is 1320. The summed E-state index contributed by atoms with van der Waals surface area (Å²) in [6.07, 6.45) is 4.03. The van der Waals surface area contributed by atoms with Gasteiger partial charge < -0.3 is 26.6 Å². The molecule has 12 heteroatoms. The van der Waals surface area contributed by atoms with E-state index in [0.717, 1.165) is 31.2 Å². The highest BCUT2D eigenvalue weighted by atomic mass is 16.3. The molecular weight excluding hydrogens is 520 g/mol. The van der Waals surface area contributed by atoms with Gasteiger partial charge in [-0.05, 0) is 69.3 Å². The van der Waals surface area contributed by atoms with Gasteiger partial charge in [-0.15, -0.1) is 0 Å². The van der Waals surface area contributed by atoms with Gasteiger partial charge in [-0.3, -0.25) is 33.7 Å². The third-order valence-electron chi connectivity index (χ3n) is 9.24. The van der Waals surface area contributed by atoms with Crippen LogP contribution >= 0.6 is 0 Å². The number of Topliss-reactive ketones (excluding diaryl/α,β-unsaturated/α-hetero) is 3. The highest BCUT2D eigenvalue weighted by Gasteiger charge is 2.68. The smallest absolute Gasteiger partial charge is 0.313 e. The number of benzene rings is 1. The number of ketones is 3. The predicted octanol–water partition coefficient (Wildman–Crippen LogP) is -0.776. The normalized spacial score (nSPS) is 31.8. The number of likely N-dealkylation sites (N-methyl/N-ethyl adjacent to an activating group) is 1. The SMILES string of the molecule is CN(C)[C@@H]1C(=O)C(C(N)=O)C(=O)C2(O)C(=O)C3Cc4c(ccc(NC(=O)C(=O)NC5CCCC5)c4O)CC3CC12. The molecule has 4 aliphatic rings. The van der Waals surface area contributed by atoms with Gasteiger partial charge in [0.2, 0.25) is 5.91 Å². The number of phenols is 1. The van der Waals surface area contributed by atoms with Crippen molar-refractivity contribution in [3.8, 4) is 5.75 Å². The highest BCUT2D eigenvalue weighted by molar-refractivity contribution is 6.40. The van der Waals surface area contributed by atoms with Crippen molar-refractivity contribution in [2.45, 2.75) is 62.6 Å². The first-order chi connectivity index (χ1) is 18.9. The zero-order valence-electron chi connectivity index (χ0n) is 22.4. The predicted molar refractivity (Wildman–Crippen MR) is 140 cm³/mol. The van der Waals surface area contributed by atoms with Crippen molar-refractivity contribution >= 4 is 40.8 Å². The number of carbonyl (C=O) groups is 6. The molecule has 5 unspecified atom stereocenters. The van der Waals surface area contributed by atoms with Crippen molar-refractivity contribution in [1.82, 2.24) is 10.2 Å². The van der Waals surface area contributed by atoms with Crippen LogP contribution in [0.3, 0.4) is 0 Å². The van der Waals surface area contributed by atoms with E-state index in [9.17, 15) is 39.0 Å². The fraction of sp³-hybridized carbons (Fsp3) is 0.571. The zero-order chi connectivity index (χ0) is 29.1. The number of phenolic OH excluding ortho intramolecular Hbond substituents is 1. The molecule has 0 heterocycles. The minimum absolute atomic E-state index is 0.00409. The number of anilines is 1. The van der Waals surface area contributed by atoms with E-state index in [4.69, 9.17) is 5.73 Å². The lowest BCUT2D eigenvalue weighted by Gasteiger charge is -2.53. The van der Waals surface area contributed by atoms with Crippen LogP contribution in [0.25, 0.3) is 0 Å². The Hall–Kier alpha value is -3.64. The number of nitrogens with zero attached hydrogens (tertiary/aromatic N) is 1. The monoisotopic (exact) mass is 554 g/mol. The Labute approximate surface area is 230 Å². The van der Waals surface area contributed by atoms with Crippen LogP contribution in [0.5, 0.6) is 5.75 Å². The summed E-state index contributed by atoms with van der Waals surface area (Å²) in [6, 6.07) is 2.07. The van der Waals surface area contributed by atoms with E-state index in [1.807, 2.05) is 0 Å². The van der Waals surface area contributed by atoms with Crippen molar-refractivity contribution in [1.29, 1.82) is 0 Å². The summed E-state index contributed by atoms with van der Waals surface area (Å²) in [5.74, 6) is -10.2. The van der Waals surface area contributed by atoms with Crippen LogP contribution in [-0.2, 0) is 41.6 Å². The second-order valence-corrected chi connectivity index (χ2v) is 11.8. The summed E-state index contributed by atoms with van der Waals surface area (Å²) in [7, 11) is 3.15. The summed E-state index contributed by atoms with van der Waals surface area (Å²) in [4.78, 5) is 78.7. The first-order valence-corrected chi connectivity index (χ1v) is 13.6. The molecule has 3 amide bonds. The van der Waals surface area contributed by atoms with E-state index in [-0.39, 0.29) is 36.2 Å². The molecule has 12 nitrogen and oxygen atoms in total. The Morgan fingerprint density at radius 3 is 2.33 bits per heavy atom. The Kier molecular flexibility index (Phi) is 7.03. The number of aromatic hydroxyl groups is 1. The summed E-state index contributed by atoms with van der Waals surface area (Å²) in [6.45, 7) is 0. The second-order valence-electron chi connectivity index (χ2n) is 11.8. The molecule has 1 aromatic rings. The Morgan fingerprint density at radius 2 is 1.70 bits per heavy atom. The van der Waals surface area contributed by atoms with Crippen LogP contribution in [0.4, 0.5) is 5.69 Å². The number of nitrogens with two attached hydrogens (primary N) is 1. The van der Waals surface area contributed by atoms with Crippen molar-refractivity contribution in [3.05, 3.63) is 23.3 Å². The molecule has 4 aliphatic carbocycles.